The lowest BCUT2D eigenvalue weighted by atomic mass is 10.2. The van der Waals surface area contributed by atoms with Crippen LogP contribution in [-0.2, 0) is 14.3 Å². The summed E-state index contributed by atoms with van der Waals surface area (Å²) < 4.78 is 10.9. The normalized spacial score (nSPS) is 28.4. The first kappa shape index (κ1) is 9.58. The van der Waals surface area contributed by atoms with E-state index in [-0.39, 0.29) is 18.1 Å². The van der Waals surface area contributed by atoms with Crippen LogP contribution in [0.5, 0.6) is 0 Å². The first-order chi connectivity index (χ1) is 6.70. The highest BCUT2D eigenvalue weighted by Crippen LogP contribution is 2.28. The van der Waals surface area contributed by atoms with E-state index in [9.17, 15) is 4.79 Å². The molecule has 0 unspecified atom stereocenters. The Hall–Kier alpha value is -0.970. The predicted octanol–water partition coefficient (Wildman–Crippen LogP) is 1.04. The molecule has 0 radical (unpaired) electrons. The highest BCUT2D eigenvalue weighted by Gasteiger charge is 2.35. The smallest absolute Gasteiger partial charge is 0.354 e. The number of hydrogen-bond donors (Lipinski definition) is 1. The second kappa shape index (κ2) is 3.65. The number of rotatable bonds is 2. The Labute approximate surface area is 90.1 Å². The quantitative estimate of drug-likeness (QED) is 0.753. The predicted molar refractivity (Wildman–Crippen MR) is 53.5 cm³/mol. The van der Waals surface area contributed by atoms with E-state index >= 15 is 0 Å². The highest BCUT2D eigenvalue weighted by molar-refractivity contribution is 9.11. The Balaban J connectivity index is 2.01. The summed E-state index contributed by atoms with van der Waals surface area (Å²) in [5.74, 6) is -0.324. The maximum atomic E-state index is 11.3. The third kappa shape index (κ3) is 1.64. The van der Waals surface area contributed by atoms with Crippen molar-refractivity contribution in [2.24, 2.45) is 0 Å². The Morgan fingerprint density at radius 2 is 2.50 bits per heavy atom. The van der Waals surface area contributed by atoms with Crippen LogP contribution in [0.25, 0.3) is 0 Å². The van der Waals surface area contributed by atoms with Crippen LogP contribution >= 0.6 is 15.9 Å². The Kier molecular flexibility index (Phi) is 2.50. The van der Waals surface area contributed by atoms with Crippen LogP contribution in [-0.4, -0.2) is 24.7 Å². The number of hydrogen-bond acceptors (Lipinski definition) is 4. The molecule has 5 heteroatoms. The third-order valence-electron chi connectivity index (χ3n) is 2.06. The molecule has 2 rings (SSSR count). The zero-order valence-electron chi connectivity index (χ0n) is 7.62. The molecule has 2 aliphatic heterocycles. The van der Waals surface area contributed by atoms with Crippen molar-refractivity contribution in [3.8, 4) is 0 Å². The summed E-state index contributed by atoms with van der Waals surface area (Å²) in [4.78, 5) is 11.3. The van der Waals surface area contributed by atoms with E-state index in [0.29, 0.717) is 17.0 Å². The Bertz CT molecular complexity index is 324. The molecule has 0 aromatic carbocycles. The van der Waals surface area contributed by atoms with E-state index in [1.54, 1.807) is 13.0 Å². The summed E-state index contributed by atoms with van der Waals surface area (Å²) in [6, 6.07) is 0.0452. The van der Waals surface area contributed by atoms with Gasteiger partial charge >= 0.3 is 5.97 Å². The molecule has 2 aliphatic rings. The summed E-state index contributed by atoms with van der Waals surface area (Å²) >= 11 is 3.23. The zero-order chi connectivity index (χ0) is 10.1. The van der Waals surface area contributed by atoms with Crippen molar-refractivity contribution in [1.82, 2.24) is 5.32 Å². The number of esters is 1. The van der Waals surface area contributed by atoms with Crippen LogP contribution in [0, 0.1) is 0 Å². The molecule has 2 atom stereocenters. The van der Waals surface area contributed by atoms with E-state index in [0.717, 1.165) is 0 Å². The molecule has 0 bridgehead atoms. The number of halogens is 1. The van der Waals surface area contributed by atoms with Crippen molar-refractivity contribution < 1.29 is 14.3 Å². The van der Waals surface area contributed by atoms with Crippen molar-refractivity contribution in [2.45, 2.75) is 19.1 Å². The lowest BCUT2D eigenvalue weighted by molar-refractivity contribution is -0.138. The van der Waals surface area contributed by atoms with Gasteiger partial charge in [-0.3, -0.25) is 0 Å². The highest BCUT2D eigenvalue weighted by atomic mass is 79.9. The van der Waals surface area contributed by atoms with Gasteiger partial charge in [0.25, 0.3) is 0 Å². The molecule has 0 amide bonds. The molecule has 0 spiro atoms. The zero-order valence-corrected chi connectivity index (χ0v) is 9.21. The maximum absolute atomic E-state index is 11.3. The van der Waals surface area contributed by atoms with Gasteiger partial charge in [0.2, 0.25) is 0 Å². The number of ether oxygens (including phenoxy) is 2. The van der Waals surface area contributed by atoms with Gasteiger partial charge in [-0.2, -0.15) is 0 Å². The molecular formula is C9H10BrNO3. The van der Waals surface area contributed by atoms with Gasteiger partial charge in [-0.25, -0.2) is 4.79 Å². The minimum Gasteiger partial charge on any atom is -0.477 e. The molecule has 0 aliphatic carbocycles. The fourth-order valence-corrected chi connectivity index (χ4v) is 1.97. The van der Waals surface area contributed by atoms with Crippen LogP contribution < -0.4 is 5.32 Å². The first-order valence-electron chi connectivity index (χ1n) is 4.40. The van der Waals surface area contributed by atoms with Crippen LogP contribution in [0.15, 0.2) is 22.5 Å². The van der Waals surface area contributed by atoms with Gasteiger partial charge in [0.15, 0.2) is 4.67 Å². The average Bonchev–Trinajstić information content (AvgIpc) is 2.61. The molecule has 0 fully saturated rings. The second-order valence-corrected chi connectivity index (χ2v) is 3.81. The van der Waals surface area contributed by atoms with E-state index in [1.165, 1.54) is 0 Å². The molecular weight excluding hydrogens is 250 g/mol. The van der Waals surface area contributed by atoms with Gasteiger partial charge < -0.3 is 14.8 Å². The number of carbonyl (C=O) groups excluding carboxylic acids is 1. The van der Waals surface area contributed by atoms with E-state index < -0.39 is 0 Å². The molecule has 1 N–H and O–H groups in total. The second-order valence-electron chi connectivity index (χ2n) is 3.02. The molecule has 76 valence electrons. The Morgan fingerprint density at radius 3 is 3.14 bits per heavy atom. The first-order valence-corrected chi connectivity index (χ1v) is 5.19. The summed E-state index contributed by atoms with van der Waals surface area (Å²) in [5.41, 5.74) is 0.484. The molecule has 0 saturated heterocycles. The fraction of sp³-hybridized carbons (Fsp3) is 0.444. The van der Waals surface area contributed by atoms with Gasteiger partial charge in [-0.15, -0.1) is 0 Å². The topological polar surface area (TPSA) is 47.6 Å². The van der Waals surface area contributed by atoms with Gasteiger partial charge in [-0.05, 0) is 35.0 Å². The SMILES string of the molecule is CCOC(=O)C1=C[C@@H]2OC(Br)=C[C@@H]2N1. The largest absolute Gasteiger partial charge is 0.477 e. The summed E-state index contributed by atoms with van der Waals surface area (Å²) in [6.45, 7) is 2.16. The van der Waals surface area contributed by atoms with Crippen LogP contribution in [0.3, 0.4) is 0 Å². The molecule has 2 heterocycles. The number of nitrogens with one attached hydrogen (secondary N) is 1. The van der Waals surface area contributed by atoms with E-state index in [4.69, 9.17) is 9.47 Å². The molecule has 14 heavy (non-hydrogen) atoms. The van der Waals surface area contributed by atoms with Gasteiger partial charge in [-0.1, -0.05) is 0 Å². The van der Waals surface area contributed by atoms with Crippen molar-refractivity contribution in [3.05, 3.63) is 22.5 Å². The molecule has 0 saturated carbocycles. The molecule has 4 nitrogen and oxygen atoms in total. The summed E-state index contributed by atoms with van der Waals surface area (Å²) in [6.07, 6.45) is 3.53. The van der Waals surface area contributed by atoms with E-state index in [2.05, 4.69) is 21.2 Å². The summed E-state index contributed by atoms with van der Waals surface area (Å²) in [5, 5.41) is 3.02. The fourth-order valence-electron chi connectivity index (χ4n) is 1.47. The van der Waals surface area contributed by atoms with E-state index in [1.807, 2.05) is 6.08 Å². The number of fused-ring (bicyclic) bond motifs is 1. The van der Waals surface area contributed by atoms with Crippen molar-refractivity contribution in [1.29, 1.82) is 0 Å². The third-order valence-corrected chi connectivity index (χ3v) is 2.51. The molecule has 0 aromatic heterocycles. The van der Waals surface area contributed by atoms with Crippen LogP contribution in [0.2, 0.25) is 0 Å². The standard InChI is InChI=1S/C9H10BrNO3/c1-2-13-9(12)6-3-7-5(11-6)4-8(10)14-7/h3-5,7,11H,2H2,1H3/t5-,7-/m0/s1. The van der Waals surface area contributed by atoms with Gasteiger partial charge in [0, 0.05) is 0 Å². The van der Waals surface area contributed by atoms with Crippen molar-refractivity contribution in [3.63, 3.8) is 0 Å². The maximum Gasteiger partial charge on any atom is 0.354 e. The lowest BCUT2D eigenvalue weighted by Crippen LogP contribution is -2.29. The van der Waals surface area contributed by atoms with Crippen LogP contribution in [0.4, 0.5) is 0 Å². The van der Waals surface area contributed by atoms with Crippen LogP contribution in [0.1, 0.15) is 6.92 Å². The number of carbonyl (C=O) groups is 1. The summed E-state index contributed by atoms with van der Waals surface area (Å²) in [7, 11) is 0. The Morgan fingerprint density at radius 1 is 1.71 bits per heavy atom. The van der Waals surface area contributed by atoms with Gasteiger partial charge in [0.1, 0.15) is 11.8 Å². The van der Waals surface area contributed by atoms with Gasteiger partial charge in [0.05, 0.1) is 12.6 Å². The molecule has 0 aromatic rings. The monoisotopic (exact) mass is 259 g/mol. The minimum atomic E-state index is -0.324. The lowest BCUT2D eigenvalue weighted by Gasteiger charge is -2.08. The minimum absolute atomic E-state index is 0.0452. The van der Waals surface area contributed by atoms with Crippen molar-refractivity contribution in [2.75, 3.05) is 6.61 Å². The van der Waals surface area contributed by atoms with Crippen molar-refractivity contribution >= 4 is 21.9 Å². The average molecular weight is 260 g/mol.